The Hall–Kier alpha value is -1.20. The van der Waals surface area contributed by atoms with E-state index in [1.165, 1.54) is 0 Å². The van der Waals surface area contributed by atoms with Gasteiger partial charge in [-0.3, -0.25) is 4.90 Å². The van der Waals surface area contributed by atoms with Crippen molar-refractivity contribution in [2.24, 2.45) is 0 Å². The first-order valence-electron chi connectivity index (χ1n) is 6.39. The van der Waals surface area contributed by atoms with E-state index in [9.17, 15) is 13.6 Å². The zero-order valence-corrected chi connectivity index (χ0v) is 11.8. The number of carboxylic acid groups (broad SMARTS) is 1. The van der Waals surface area contributed by atoms with Gasteiger partial charge in [-0.15, -0.1) is 12.4 Å². The second kappa shape index (κ2) is 6.99. The minimum absolute atomic E-state index is 0. The molecule has 20 heavy (non-hydrogen) atoms. The largest absolute Gasteiger partial charge is 0.478 e. The van der Waals surface area contributed by atoms with E-state index in [0.717, 1.165) is 5.56 Å². The summed E-state index contributed by atoms with van der Waals surface area (Å²) < 4.78 is 26.4. The van der Waals surface area contributed by atoms with Crippen LogP contribution in [0.15, 0.2) is 24.3 Å². The minimum atomic E-state index is -2.56. The van der Waals surface area contributed by atoms with Crippen LogP contribution >= 0.6 is 12.4 Å². The molecule has 1 N–H and O–H groups in total. The molecule has 2 rings (SSSR count). The number of rotatable bonds is 4. The number of nitrogens with zero attached hydrogens (tertiary/aromatic N) is 1. The molecule has 0 spiro atoms. The Bertz CT molecular complexity index is 451. The average Bonchev–Trinajstić information content (AvgIpc) is 2.36. The Morgan fingerprint density at radius 2 is 1.95 bits per heavy atom. The van der Waals surface area contributed by atoms with Crippen molar-refractivity contribution in [3.63, 3.8) is 0 Å². The molecule has 1 aromatic rings. The zero-order valence-electron chi connectivity index (χ0n) is 11.0. The summed E-state index contributed by atoms with van der Waals surface area (Å²) in [4.78, 5) is 12.5. The van der Waals surface area contributed by atoms with E-state index in [0.29, 0.717) is 25.9 Å². The fourth-order valence-corrected chi connectivity index (χ4v) is 2.34. The molecule has 0 aromatic heterocycles. The lowest BCUT2D eigenvalue weighted by atomic mass is 10.1. The molecule has 0 atom stereocenters. The molecular formula is C14H18ClF2NO2. The van der Waals surface area contributed by atoms with E-state index in [1.54, 1.807) is 29.2 Å². The van der Waals surface area contributed by atoms with Crippen molar-refractivity contribution in [2.75, 3.05) is 19.6 Å². The predicted molar refractivity (Wildman–Crippen MR) is 75.0 cm³/mol. The molecule has 0 aliphatic carbocycles. The van der Waals surface area contributed by atoms with Crippen molar-refractivity contribution < 1.29 is 18.7 Å². The highest BCUT2D eigenvalue weighted by Gasteiger charge is 2.34. The van der Waals surface area contributed by atoms with Crippen molar-refractivity contribution in [1.82, 2.24) is 4.90 Å². The van der Waals surface area contributed by atoms with Gasteiger partial charge >= 0.3 is 5.97 Å². The van der Waals surface area contributed by atoms with Gasteiger partial charge in [0, 0.05) is 13.0 Å². The van der Waals surface area contributed by atoms with Gasteiger partial charge in [0.05, 0.1) is 12.1 Å². The molecule has 1 aliphatic heterocycles. The second-order valence-corrected chi connectivity index (χ2v) is 4.99. The van der Waals surface area contributed by atoms with Crippen LogP contribution < -0.4 is 0 Å². The topological polar surface area (TPSA) is 40.5 Å². The van der Waals surface area contributed by atoms with Gasteiger partial charge in [-0.2, -0.15) is 0 Å². The third-order valence-electron chi connectivity index (χ3n) is 3.39. The first kappa shape index (κ1) is 16.9. The number of carbonyl (C=O) groups is 1. The van der Waals surface area contributed by atoms with Crippen LogP contribution in [0.25, 0.3) is 0 Å². The molecule has 1 fully saturated rings. The molecule has 3 nitrogen and oxygen atoms in total. The van der Waals surface area contributed by atoms with Gasteiger partial charge in [0.1, 0.15) is 0 Å². The lowest BCUT2D eigenvalue weighted by Crippen LogP contribution is -2.43. The molecular weight excluding hydrogens is 288 g/mol. The highest BCUT2D eigenvalue weighted by molar-refractivity contribution is 5.87. The van der Waals surface area contributed by atoms with Crippen LogP contribution in [-0.2, 0) is 6.42 Å². The standard InChI is InChI=1S/C14H17F2NO2.ClH/c15-14(16)7-1-8-17(10-14)9-6-11-2-4-12(5-3-11)13(18)19;/h2-5H,1,6-10H2,(H,18,19);1H. The molecule has 1 saturated heterocycles. The highest BCUT2D eigenvalue weighted by atomic mass is 35.5. The Morgan fingerprint density at radius 1 is 1.30 bits per heavy atom. The maximum absolute atomic E-state index is 13.2. The van der Waals surface area contributed by atoms with Crippen molar-refractivity contribution in [2.45, 2.75) is 25.2 Å². The summed E-state index contributed by atoms with van der Waals surface area (Å²) in [5.41, 5.74) is 1.21. The molecule has 1 aromatic carbocycles. The third-order valence-corrected chi connectivity index (χ3v) is 3.39. The minimum Gasteiger partial charge on any atom is -0.478 e. The summed E-state index contributed by atoms with van der Waals surface area (Å²) in [6.07, 6.45) is 1.18. The summed E-state index contributed by atoms with van der Waals surface area (Å²) >= 11 is 0. The van der Waals surface area contributed by atoms with Crippen LogP contribution in [0, 0.1) is 0 Å². The molecule has 0 saturated carbocycles. The monoisotopic (exact) mass is 305 g/mol. The van der Waals surface area contributed by atoms with E-state index in [-0.39, 0.29) is 30.9 Å². The highest BCUT2D eigenvalue weighted by Crippen LogP contribution is 2.26. The Labute approximate surface area is 123 Å². The number of benzene rings is 1. The van der Waals surface area contributed by atoms with Gasteiger partial charge in [-0.05, 0) is 37.1 Å². The number of halogens is 3. The summed E-state index contributed by atoms with van der Waals surface area (Å²) in [6.45, 7) is 1.13. The average molecular weight is 306 g/mol. The van der Waals surface area contributed by atoms with E-state index in [4.69, 9.17) is 5.11 Å². The van der Waals surface area contributed by atoms with Crippen LogP contribution in [0.4, 0.5) is 8.78 Å². The lowest BCUT2D eigenvalue weighted by Gasteiger charge is -2.32. The van der Waals surface area contributed by atoms with Gasteiger partial charge in [0.2, 0.25) is 0 Å². The summed E-state index contributed by atoms with van der Waals surface area (Å²) in [5, 5.41) is 8.78. The Kier molecular flexibility index (Phi) is 5.89. The second-order valence-electron chi connectivity index (χ2n) is 4.99. The fourth-order valence-electron chi connectivity index (χ4n) is 2.34. The van der Waals surface area contributed by atoms with Crippen LogP contribution in [-0.4, -0.2) is 41.5 Å². The molecule has 0 bridgehead atoms. The van der Waals surface area contributed by atoms with E-state index < -0.39 is 11.9 Å². The zero-order chi connectivity index (χ0) is 13.9. The van der Waals surface area contributed by atoms with E-state index >= 15 is 0 Å². The quantitative estimate of drug-likeness (QED) is 0.929. The number of piperidine rings is 1. The van der Waals surface area contributed by atoms with Crippen LogP contribution in [0.5, 0.6) is 0 Å². The number of alkyl halides is 2. The first-order valence-corrected chi connectivity index (χ1v) is 6.39. The van der Waals surface area contributed by atoms with Crippen LogP contribution in [0.1, 0.15) is 28.8 Å². The smallest absolute Gasteiger partial charge is 0.335 e. The number of hydrogen-bond donors (Lipinski definition) is 1. The molecule has 112 valence electrons. The van der Waals surface area contributed by atoms with Crippen LogP contribution in [0.2, 0.25) is 0 Å². The maximum atomic E-state index is 13.2. The molecule has 0 unspecified atom stereocenters. The SMILES string of the molecule is Cl.O=C(O)c1ccc(CCN2CCCC(F)(F)C2)cc1. The van der Waals surface area contributed by atoms with Crippen LogP contribution in [0.3, 0.4) is 0 Å². The number of hydrogen-bond acceptors (Lipinski definition) is 2. The third kappa shape index (κ3) is 4.72. The normalized spacial score (nSPS) is 18.3. The Balaban J connectivity index is 0.00000200. The number of likely N-dealkylation sites (tertiary alicyclic amines) is 1. The molecule has 0 amide bonds. The van der Waals surface area contributed by atoms with Gasteiger partial charge in [0.15, 0.2) is 0 Å². The molecule has 1 heterocycles. The van der Waals surface area contributed by atoms with E-state index in [2.05, 4.69) is 0 Å². The molecule has 6 heteroatoms. The van der Waals surface area contributed by atoms with Crippen molar-refractivity contribution >= 4 is 18.4 Å². The predicted octanol–water partition coefficient (Wildman–Crippen LogP) is 3.08. The maximum Gasteiger partial charge on any atom is 0.335 e. The summed E-state index contributed by atoms with van der Waals surface area (Å²) in [7, 11) is 0. The van der Waals surface area contributed by atoms with Gasteiger partial charge in [-0.1, -0.05) is 12.1 Å². The van der Waals surface area contributed by atoms with E-state index in [1.807, 2.05) is 0 Å². The molecule has 0 radical (unpaired) electrons. The van der Waals surface area contributed by atoms with Gasteiger partial charge in [-0.25, -0.2) is 13.6 Å². The molecule has 1 aliphatic rings. The fraction of sp³-hybridized carbons (Fsp3) is 0.500. The number of carboxylic acids is 1. The first-order chi connectivity index (χ1) is 8.96. The van der Waals surface area contributed by atoms with Gasteiger partial charge in [0.25, 0.3) is 5.92 Å². The van der Waals surface area contributed by atoms with Crippen molar-refractivity contribution in [1.29, 1.82) is 0 Å². The number of aromatic carboxylic acids is 1. The van der Waals surface area contributed by atoms with Gasteiger partial charge < -0.3 is 5.11 Å². The summed E-state index contributed by atoms with van der Waals surface area (Å²) in [6, 6.07) is 6.57. The lowest BCUT2D eigenvalue weighted by molar-refractivity contribution is -0.0635. The van der Waals surface area contributed by atoms with Crippen molar-refractivity contribution in [3.05, 3.63) is 35.4 Å². The van der Waals surface area contributed by atoms with Crippen molar-refractivity contribution in [3.8, 4) is 0 Å². The Morgan fingerprint density at radius 3 is 2.50 bits per heavy atom. The summed E-state index contributed by atoms with van der Waals surface area (Å²) in [5.74, 6) is -3.52.